The third-order valence-electron chi connectivity index (χ3n) is 2.58. The van der Waals surface area contributed by atoms with E-state index in [1.807, 2.05) is 36.7 Å². The highest BCUT2D eigenvalue weighted by Crippen LogP contribution is 2.19. The van der Waals surface area contributed by atoms with E-state index in [1.54, 1.807) is 11.3 Å². The Labute approximate surface area is 116 Å². The predicted octanol–water partition coefficient (Wildman–Crippen LogP) is 2.71. The van der Waals surface area contributed by atoms with Crippen LogP contribution in [0.25, 0.3) is 0 Å². The molecule has 18 heavy (non-hydrogen) atoms. The highest BCUT2D eigenvalue weighted by Gasteiger charge is 2.06. The van der Waals surface area contributed by atoms with E-state index in [0.717, 1.165) is 23.4 Å². The second kappa shape index (κ2) is 5.93. The van der Waals surface area contributed by atoms with E-state index < -0.39 is 0 Å². The van der Waals surface area contributed by atoms with Crippen molar-refractivity contribution in [1.29, 1.82) is 0 Å². The Morgan fingerprint density at radius 2 is 2.22 bits per heavy atom. The summed E-state index contributed by atoms with van der Waals surface area (Å²) in [6.45, 7) is 2.61. The molecule has 5 heteroatoms. The first kappa shape index (κ1) is 13.0. The molecule has 1 aromatic heterocycles. The van der Waals surface area contributed by atoms with E-state index in [9.17, 15) is 0 Å². The molecule has 1 aromatic carbocycles. The van der Waals surface area contributed by atoms with Gasteiger partial charge >= 0.3 is 0 Å². The molecule has 0 fully saturated rings. The van der Waals surface area contributed by atoms with Crippen LogP contribution in [0.4, 0.5) is 0 Å². The summed E-state index contributed by atoms with van der Waals surface area (Å²) in [7, 11) is 0. The van der Waals surface area contributed by atoms with Crippen molar-refractivity contribution in [3.05, 3.63) is 45.9 Å². The monoisotopic (exact) mass is 278 g/mol. The van der Waals surface area contributed by atoms with E-state index >= 15 is 0 Å². The number of para-hydroxylation sites is 1. The Morgan fingerprint density at radius 3 is 2.89 bits per heavy atom. The first-order chi connectivity index (χ1) is 8.68. The van der Waals surface area contributed by atoms with Gasteiger partial charge < -0.3 is 10.5 Å². The fraction of sp³-hybridized carbons (Fsp3) is 0.231. The number of hydrogen-bond acceptors (Lipinski definition) is 4. The van der Waals surface area contributed by atoms with Crippen molar-refractivity contribution in [2.45, 2.75) is 13.3 Å². The number of aryl methyl sites for hydroxylation is 1. The van der Waals surface area contributed by atoms with Crippen LogP contribution in [-0.4, -0.2) is 16.6 Å². The van der Waals surface area contributed by atoms with E-state index in [0.29, 0.717) is 11.6 Å². The van der Waals surface area contributed by atoms with Gasteiger partial charge in [0.2, 0.25) is 0 Å². The van der Waals surface area contributed by atoms with E-state index in [2.05, 4.69) is 4.98 Å². The topological polar surface area (TPSA) is 48.1 Å². The second-order valence-corrected chi connectivity index (χ2v) is 5.20. The first-order valence-corrected chi connectivity index (χ1v) is 6.88. The van der Waals surface area contributed by atoms with Crippen molar-refractivity contribution in [3.63, 3.8) is 0 Å². The van der Waals surface area contributed by atoms with Crippen LogP contribution in [0.15, 0.2) is 29.8 Å². The molecule has 0 saturated heterocycles. The molecule has 2 N–H and O–H groups in total. The van der Waals surface area contributed by atoms with Crippen LogP contribution in [0.5, 0.6) is 5.75 Å². The average Bonchev–Trinajstić information content (AvgIpc) is 2.76. The van der Waals surface area contributed by atoms with Gasteiger partial charge in [-0.05, 0) is 19.1 Å². The molecule has 0 aliphatic rings. The fourth-order valence-corrected chi connectivity index (χ4v) is 2.55. The van der Waals surface area contributed by atoms with Crippen molar-refractivity contribution < 1.29 is 4.74 Å². The summed E-state index contributed by atoms with van der Waals surface area (Å²) in [4.78, 5) is 5.82. The number of nitrogens with zero attached hydrogens (tertiary/aromatic N) is 1. The number of rotatable bonds is 5. The lowest BCUT2D eigenvalue weighted by Crippen LogP contribution is -2.12. The summed E-state index contributed by atoms with van der Waals surface area (Å²) >= 11 is 6.64. The van der Waals surface area contributed by atoms with Crippen LogP contribution in [0.1, 0.15) is 16.1 Å². The molecule has 0 amide bonds. The summed E-state index contributed by atoms with van der Waals surface area (Å²) in [6.07, 6.45) is 0.849. The van der Waals surface area contributed by atoms with Crippen molar-refractivity contribution in [3.8, 4) is 5.75 Å². The number of thiocarbonyl (C=S) groups is 1. The normalized spacial score (nSPS) is 10.3. The van der Waals surface area contributed by atoms with Crippen molar-refractivity contribution >= 4 is 28.5 Å². The van der Waals surface area contributed by atoms with Crippen LogP contribution in [0.2, 0.25) is 0 Å². The zero-order valence-corrected chi connectivity index (χ0v) is 11.7. The van der Waals surface area contributed by atoms with Crippen molar-refractivity contribution in [2.75, 3.05) is 6.61 Å². The van der Waals surface area contributed by atoms with E-state index in [4.69, 9.17) is 22.7 Å². The molecule has 2 rings (SSSR count). The van der Waals surface area contributed by atoms with E-state index in [1.165, 1.54) is 4.88 Å². The Hall–Kier alpha value is -1.46. The quantitative estimate of drug-likeness (QED) is 0.854. The Morgan fingerprint density at radius 1 is 1.44 bits per heavy atom. The lowest BCUT2D eigenvalue weighted by atomic mass is 10.2. The van der Waals surface area contributed by atoms with Gasteiger partial charge in [0.1, 0.15) is 10.7 Å². The number of hydrogen-bond donors (Lipinski definition) is 1. The number of aromatic nitrogens is 1. The highest BCUT2D eigenvalue weighted by atomic mass is 32.1. The lowest BCUT2D eigenvalue weighted by Gasteiger charge is -2.09. The van der Waals surface area contributed by atoms with Crippen LogP contribution < -0.4 is 10.5 Å². The molecule has 0 aliphatic heterocycles. The summed E-state index contributed by atoms with van der Waals surface area (Å²) in [5.41, 5.74) is 9.36. The lowest BCUT2D eigenvalue weighted by molar-refractivity contribution is 0.322. The van der Waals surface area contributed by atoms with Gasteiger partial charge in [-0.3, -0.25) is 0 Å². The molecular weight excluding hydrogens is 264 g/mol. The number of nitrogens with two attached hydrogens (primary N) is 1. The summed E-state index contributed by atoms with van der Waals surface area (Å²) in [5.74, 6) is 0.743. The Bertz CT molecular complexity index is 551. The van der Waals surface area contributed by atoms with Crippen LogP contribution >= 0.6 is 23.6 Å². The van der Waals surface area contributed by atoms with Crippen LogP contribution in [0, 0.1) is 6.92 Å². The van der Waals surface area contributed by atoms with Gasteiger partial charge in [-0.1, -0.05) is 24.4 Å². The molecule has 0 atom stereocenters. The molecule has 0 radical (unpaired) electrons. The average molecular weight is 278 g/mol. The van der Waals surface area contributed by atoms with Gasteiger partial charge in [-0.25, -0.2) is 4.98 Å². The molecular formula is C13H14N2OS2. The van der Waals surface area contributed by atoms with Gasteiger partial charge in [0.15, 0.2) is 0 Å². The fourth-order valence-electron chi connectivity index (χ4n) is 1.62. The maximum absolute atomic E-state index is 5.74. The minimum atomic E-state index is 0.361. The zero-order chi connectivity index (χ0) is 13.0. The van der Waals surface area contributed by atoms with Gasteiger partial charge in [-0.2, -0.15) is 0 Å². The third-order valence-corrected chi connectivity index (χ3v) is 3.80. The number of ether oxygens (including phenoxy) is 1. The van der Waals surface area contributed by atoms with Gasteiger partial charge in [0.25, 0.3) is 0 Å². The Kier molecular flexibility index (Phi) is 4.28. The standard InChI is InChI=1S/C13H14N2OS2/c1-9-12(18-8-15-9)6-7-16-11-5-3-2-4-10(11)13(14)17/h2-5,8H,6-7H2,1H3,(H2,14,17). The maximum atomic E-state index is 5.74. The SMILES string of the molecule is Cc1ncsc1CCOc1ccccc1C(N)=S. The number of thiazole rings is 1. The molecule has 0 spiro atoms. The van der Waals surface area contributed by atoms with Gasteiger partial charge in [0, 0.05) is 11.3 Å². The van der Waals surface area contributed by atoms with Crippen molar-refractivity contribution in [1.82, 2.24) is 4.98 Å². The summed E-state index contributed by atoms with van der Waals surface area (Å²) in [5, 5.41) is 0. The molecule has 3 nitrogen and oxygen atoms in total. The smallest absolute Gasteiger partial charge is 0.129 e. The highest BCUT2D eigenvalue weighted by molar-refractivity contribution is 7.80. The molecule has 0 bridgehead atoms. The largest absolute Gasteiger partial charge is 0.492 e. The molecule has 1 heterocycles. The predicted molar refractivity (Wildman–Crippen MR) is 78.4 cm³/mol. The summed E-state index contributed by atoms with van der Waals surface area (Å²) < 4.78 is 5.74. The molecule has 0 saturated carbocycles. The van der Waals surface area contributed by atoms with Crippen LogP contribution in [-0.2, 0) is 6.42 Å². The summed E-state index contributed by atoms with van der Waals surface area (Å²) in [6, 6.07) is 7.56. The first-order valence-electron chi connectivity index (χ1n) is 5.59. The van der Waals surface area contributed by atoms with Gasteiger partial charge in [0.05, 0.1) is 23.4 Å². The molecule has 0 unspecified atom stereocenters. The molecule has 2 aromatic rings. The minimum absolute atomic E-state index is 0.361. The van der Waals surface area contributed by atoms with Crippen molar-refractivity contribution in [2.24, 2.45) is 5.73 Å². The minimum Gasteiger partial charge on any atom is -0.492 e. The number of benzene rings is 1. The van der Waals surface area contributed by atoms with Crippen LogP contribution in [0.3, 0.4) is 0 Å². The van der Waals surface area contributed by atoms with E-state index in [-0.39, 0.29) is 0 Å². The molecule has 94 valence electrons. The molecule has 0 aliphatic carbocycles. The third kappa shape index (κ3) is 3.05. The second-order valence-electron chi connectivity index (χ2n) is 3.82. The van der Waals surface area contributed by atoms with Gasteiger partial charge in [-0.15, -0.1) is 11.3 Å². The zero-order valence-electron chi connectivity index (χ0n) is 10.1. The maximum Gasteiger partial charge on any atom is 0.129 e. The Balaban J connectivity index is 1.99.